The first-order valence-electron chi connectivity index (χ1n) is 11.5. The number of allylic oxidation sites excluding steroid dienone is 1. The summed E-state index contributed by atoms with van der Waals surface area (Å²) < 4.78 is 21.6. The van der Waals surface area contributed by atoms with Crippen LogP contribution in [0.2, 0.25) is 0 Å². The van der Waals surface area contributed by atoms with Gasteiger partial charge in [0.25, 0.3) is 12.2 Å². The zero-order valence-electron chi connectivity index (χ0n) is 20.9. The number of ether oxygens (including phenoxy) is 4. The highest BCUT2D eigenvalue weighted by Crippen LogP contribution is 2.29. The van der Waals surface area contributed by atoms with Crippen LogP contribution >= 0.6 is 0 Å². The molecule has 0 spiro atoms. The lowest BCUT2D eigenvalue weighted by molar-refractivity contribution is -0.420. The van der Waals surface area contributed by atoms with Gasteiger partial charge in [-0.05, 0) is 62.7 Å². The van der Waals surface area contributed by atoms with Crippen LogP contribution < -0.4 is 15.3 Å². The molecule has 1 aliphatic rings. The molecule has 0 amide bonds. The van der Waals surface area contributed by atoms with Crippen LogP contribution in [0.3, 0.4) is 0 Å². The molecule has 0 radical (unpaired) electrons. The fourth-order valence-electron chi connectivity index (χ4n) is 3.34. The molecular formula is C25H25N5O8. The second-order valence-corrected chi connectivity index (χ2v) is 7.76. The van der Waals surface area contributed by atoms with E-state index in [2.05, 4.69) is 4.99 Å². The maximum Gasteiger partial charge on any atom is 0.352 e. The molecule has 13 nitrogen and oxygen atoms in total. The highest BCUT2D eigenvalue weighted by molar-refractivity contribution is 6.08. The van der Waals surface area contributed by atoms with Gasteiger partial charge in [-0.3, -0.25) is 14.9 Å². The Hall–Kier alpha value is -4.96. The van der Waals surface area contributed by atoms with Gasteiger partial charge in [0.2, 0.25) is 0 Å². The molecule has 0 fully saturated rings. The number of benzene rings is 2. The molecule has 1 aliphatic heterocycles. The van der Waals surface area contributed by atoms with E-state index in [1.165, 1.54) is 30.3 Å². The van der Waals surface area contributed by atoms with Gasteiger partial charge in [0.1, 0.15) is 17.2 Å². The fraction of sp³-hybridized carbons (Fsp3) is 0.280. The van der Waals surface area contributed by atoms with Gasteiger partial charge in [-0.1, -0.05) is 6.07 Å². The Bertz CT molecular complexity index is 1330. The summed E-state index contributed by atoms with van der Waals surface area (Å²) in [6, 6.07) is 12.4. The summed E-state index contributed by atoms with van der Waals surface area (Å²) in [7, 11) is 0. The Labute approximate surface area is 217 Å². The van der Waals surface area contributed by atoms with Crippen LogP contribution in [0.5, 0.6) is 11.5 Å². The first-order valence-corrected chi connectivity index (χ1v) is 11.5. The largest absolute Gasteiger partial charge is 0.466 e. The number of rotatable bonds is 10. The summed E-state index contributed by atoms with van der Waals surface area (Å²) in [5.74, 6) is 4.80. The Morgan fingerprint density at radius 1 is 1.16 bits per heavy atom. The van der Waals surface area contributed by atoms with Crippen LogP contribution in [0.15, 0.2) is 59.0 Å². The van der Waals surface area contributed by atoms with E-state index in [1.54, 1.807) is 32.9 Å². The van der Waals surface area contributed by atoms with Crippen LogP contribution in [0.4, 0.5) is 0 Å². The zero-order valence-corrected chi connectivity index (χ0v) is 20.9. The molecule has 0 aromatic heterocycles. The molecule has 198 valence electrons. The normalized spacial score (nSPS) is 14.8. The van der Waals surface area contributed by atoms with Crippen molar-refractivity contribution in [3.8, 4) is 17.6 Å². The molecule has 3 rings (SSSR count). The van der Waals surface area contributed by atoms with E-state index >= 15 is 0 Å². The SMILES string of the molecule is CCOC(=O)CC1=NC(Oc2ccc(C(=O)OCC)cc2)N(N)C(Oc2cc(C#N)ccc2C)=C1[N+](=O)[O-]. The molecule has 2 aromatic carbocycles. The Morgan fingerprint density at radius 2 is 1.84 bits per heavy atom. The first-order chi connectivity index (χ1) is 18.2. The average Bonchev–Trinajstić information content (AvgIpc) is 2.88. The van der Waals surface area contributed by atoms with E-state index in [0.717, 1.165) is 5.01 Å². The predicted octanol–water partition coefficient (Wildman–Crippen LogP) is 2.81. The highest BCUT2D eigenvalue weighted by atomic mass is 16.6. The number of nitrogens with zero attached hydrogens (tertiary/aromatic N) is 4. The van der Waals surface area contributed by atoms with Crippen molar-refractivity contribution in [1.82, 2.24) is 5.01 Å². The number of carbonyl (C=O) groups is 2. The minimum Gasteiger partial charge on any atom is -0.466 e. The van der Waals surface area contributed by atoms with Crippen molar-refractivity contribution in [2.45, 2.75) is 33.5 Å². The number of hydrogen-bond donors (Lipinski definition) is 1. The molecule has 1 unspecified atom stereocenters. The summed E-state index contributed by atoms with van der Waals surface area (Å²) in [5.41, 5.74) is 0.149. The first kappa shape index (κ1) is 27.6. The van der Waals surface area contributed by atoms with Gasteiger partial charge in [-0.15, -0.1) is 0 Å². The standard InChI is InChI=1S/C25H25N5O8/c1-4-35-21(31)13-19-22(30(33)34)23(38-20-12-16(14-26)7-6-15(20)3)29(27)25(28-19)37-18-10-8-17(9-11-18)24(32)36-5-2/h6-12,25H,4-5,13,27H2,1-3H3. The van der Waals surface area contributed by atoms with Crippen LogP contribution in [0, 0.1) is 28.4 Å². The monoisotopic (exact) mass is 523 g/mol. The molecular weight excluding hydrogens is 498 g/mol. The van der Waals surface area contributed by atoms with Crippen LogP contribution in [-0.4, -0.2) is 47.1 Å². The average molecular weight is 524 g/mol. The number of nitro groups is 1. The van der Waals surface area contributed by atoms with Crippen LogP contribution in [-0.2, 0) is 14.3 Å². The van der Waals surface area contributed by atoms with Crippen molar-refractivity contribution in [2.75, 3.05) is 13.2 Å². The summed E-state index contributed by atoms with van der Waals surface area (Å²) >= 11 is 0. The van der Waals surface area contributed by atoms with Crippen LogP contribution in [0.25, 0.3) is 0 Å². The van der Waals surface area contributed by atoms with E-state index in [-0.39, 0.29) is 41.6 Å². The maximum atomic E-state index is 12.2. The van der Waals surface area contributed by atoms with Crippen molar-refractivity contribution in [3.05, 3.63) is 80.8 Å². The minimum absolute atomic E-state index is 0.0584. The smallest absolute Gasteiger partial charge is 0.352 e. The second kappa shape index (κ2) is 12.3. The minimum atomic E-state index is -1.40. The van der Waals surface area contributed by atoms with E-state index in [0.29, 0.717) is 5.56 Å². The fourth-order valence-corrected chi connectivity index (χ4v) is 3.34. The number of aliphatic imine (C=N–C) groups is 1. The van der Waals surface area contributed by atoms with Crippen LogP contribution in [0.1, 0.15) is 41.8 Å². The van der Waals surface area contributed by atoms with Gasteiger partial charge in [0.05, 0.1) is 41.8 Å². The summed E-state index contributed by atoms with van der Waals surface area (Å²) in [5, 5.41) is 22.1. The number of esters is 2. The number of carbonyl (C=O) groups excluding carboxylic acids is 2. The van der Waals surface area contributed by atoms with Gasteiger partial charge in [-0.2, -0.15) is 5.26 Å². The van der Waals surface area contributed by atoms with Gasteiger partial charge in [0.15, 0.2) is 0 Å². The zero-order chi connectivity index (χ0) is 27.8. The molecule has 38 heavy (non-hydrogen) atoms. The topological polar surface area (TPSA) is 180 Å². The second-order valence-electron chi connectivity index (χ2n) is 7.76. The highest BCUT2D eigenvalue weighted by Gasteiger charge is 2.40. The van der Waals surface area contributed by atoms with Gasteiger partial charge >= 0.3 is 17.6 Å². The number of nitriles is 1. The Balaban J connectivity index is 2.02. The molecule has 0 aliphatic carbocycles. The lowest BCUT2D eigenvalue weighted by atomic mass is 10.1. The third-order valence-corrected chi connectivity index (χ3v) is 5.15. The third-order valence-electron chi connectivity index (χ3n) is 5.15. The number of hydrogen-bond acceptors (Lipinski definition) is 12. The van der Waals surface area contributed by atoms with E-state index in [4.69, 9.17) is 24.8 Å². The number of hydrazine groups is 1. The van der Waals surface area contributed by atoms with Gasteiger partial charge in [-0.25, -0.2) is 20.6 Å². The lowest BCUT2D eigenvalue weighted by Crippen LogP contribution is -2.49. The van der Waals surface area contributed by atoms with Gasteiger partial charge < -0.3 is 18.9 Å². The quantitative estimate of drug-likeness (QED) is 0.209. The third kappa shape index (κ3) is 6.42. The molecule has 2 aromatic rings. The van der Waals surface area contributed by atoms with Crippen molar-refractivity contribution < 1.29 is 33.5 Å². The number of aryl methyl sites for hydroxylation is 1. The predicted molar refractivity (Wildman–Crippen MR) is 132 cm³/mol. The Kier molecular flexibility index (Phi) is 8.96. The van der Waals surface area contributed by atoms with E-state index in [9.17, 15) is 25.0 Å². The van der Waals surface area contributed by atoms with Crippen molar-refractivity contribution in [1.29, 1.82) is 5.26 Å². The molecule has 0 saturated carbocycles. The maximum absolute atomic E-state index is 12.2. The summed E-state index contributed by atoms with van der Waals surface area (Å²) in [6.07, 6.45) is -1.95. The number of nitrogens with two attached hydrogens (primary N) is 1. The molecule has 2 N–H and O–H groups in total. The summed E-state index contributed by atoms with van der Waals surface area (Å²) in [6.45, 7) is 5.23. The van der Waals surface area contributed by atoms with Crippen molar-refractivity contribution in [2.24, 2.45) is 10.8 Å². The molecule has 13 heteroatoms. The van der Waals surface area contributed by atoms with E-state index < -0.39 is 41.2 Å². The van der Waals surface area contributed by atoms with Crippen molar-refractivity contribution >= 4 is 17.7 Å². The Morgan fingerprint density at radius 3 is 2.45 bits per heavy atom. The van der Waals surface area contributed by atoms with E-state index in [1.807, 2.05) is 6.07 Å². The molecule has 0 bridgehead atoms. The summed E-state index contributed by atoms with van der Waals surface area (Å²) in [4.78, 5) is 39.7. The molecule has 0 saturated heterocycles. The van der Waals surface area contributed by atoms with Crippen molar-refractivity contribution in [3.63, 3.8) is 0 Å². The van der Waals surface area contributed by atoms with Gasteiger partial charge in [0, 0.05) is 0 Å². The molecule has 1 heterocycles. The molecule has 1 atom stereocenters. The lowest BCUT2D eigenvalue weighted by Gasteiger charge is -2.31.